The maximum absolute atomic E-state index is 12.2. The summed E-state index contributed by atoms with van der Waals surface area (Å²) in [5.41, 5.74) is 6.10. The van der Waals surface area contributed by atoms with Crippen LogP contribution in [-0.2, 0) is 9.63 Å². The fraction of sp³-hybridized carbons (Fsp3) is 0.300. The van der Waals surface area contributed by atoms with Crippen molar-refractivity contribution in [3.63, 3.8) is 0 Å². The molecule has 4 heteroatoms. The Kier molecular flexibility index (Phi) is 6.13. The quantitative estimate of drug-likeness (QED) is 0.508. The molecule has 1 amide bonds. The minimum absolute atomic E-state index is 0.232. The summed E-state index contributed by atoms with van der Waals surface area (Å²) in [6, 6.07) is 10.1. The van der Waals surface area contributed by atoms with Gasteiger partial charge in [-0.3, -0.25) is 4.79 Å². The molecule has 0 aliphatic heterocycles. The number of carbonyl (C=O) groups excluding carboxylic acids is 1. The number of oxime groups is 1. The minimum Gasteiger partial charge on any atom is -0.398 e. The number of nitrogens with zero attached hydrogens (tertiary/aromatic N) is 1. The minimum atomic E-state index is -0.232. The maximum atomic E-state index is 12.2. The lowest BCUT2D eigenvalue weighted by Crippen LogP contribution is -2.30. The third-order valence-corrected chi connectivity index (χ3v) is 4.20. The predicted octanol–water partition coefficient (Wildman–Crippen LogP) is 3.88. The maximum Gasteiger partial charge on any atom is 0.273 e. The average Bonchev–Trinajstić information content (AvgIpc) is 2.60. The van der Waals surface area contributed by atoms with Crippen LogP contribution in [-0.4, -0.2) is 25.8 Å². The number of hydrogen-bond donors (Lipinski definition) is 1. The van der Waals surface area contributed by atoms with E-state index in [9.17, 15) is 4.79 Å². The summed E-state index contributed by atoms with van der Waals surface area (Å²) in [5.74, 6) is -0.232. The van der Waals surface area contributed by atoms with Gasteiger partial charge >= 0.3 is 0 Å². The average molecular weight is 324 g/mol. The van der Waals surface area contributed by atoms with Crippen LogP contribution >= 0.6 is 0 Å². The molecule has 0 fully saturated rings. The first-order valence-corrected chi connectivity index (χ1v) is 8.00. The van der Waals surface area contributed by atoms with Gasteiger partial charge in [0.05, 0.1) is 0 Å². The van der Waals surface area contributed by atoms with Gasteiger partial charge in [0.15, 0.2) is 5.71 Å². The summed E-state index contributed by atoms with van der Waals surface area (Å²) in [7, 11) is 3.06. The van der Waals surface area contributed by atoms with Crippen LogP contribution in [0.25, 0.3) is 6.08 Å². The summed E-state index contributed by atoms with van der Waals surface area (Å²) in [6.45, 7) is 4.23. The van der Waals surface area contributed by atoms with Gasteiger partial charge in [-0.25, -0.2) is 0 Å². The highest BCUT2D eigenvalue weighted by Gasteiger charge is 2.23. The van der Waals surface area contributed by atoms with Crippen LogP contribution in [0, 0.1) is 0 Å². The molecule has 0 bridgehead atoms. The van der Waals surface area contributed by atoms with Crippen molar-refractivity contribution in [3.8, 4) is 0 Å². The lowest BCUT2D eigenvalue weighted by molar-refractivity contribution is -0.114. The van der Waals surface area contributed by atoms with E-state index in [1.54, 1.807) is 7.05 Å². The van der Waals surface area contributed by atoms with E-state index in [2.05, 4.69) is 48.6 Å². The van der Waals surface area contributed by atoms with Crippen molar-refractivity contribution in [2.24, 2.45) is 5.16 Å². The van der Waals surface area contributed by atoms with E-state index in [0.717, 1.165) is 23.1 Å². The molecule has 1 N–H and O–H groups in total. The molecule has 4 nitrogen and oxygen atoms in total. The molecule has 2 rings (SSSR count). The fourth-order valence-electron chi connectivity index (χ4n) is 2.67. The first-order chi connectivity index (χ1) is 11.6. The van der Waals surface area contributed by atoms with E-state index >= 15 is 0 Å². The van der Waals surface area contributed by atoms with Gasteiger partial charge in [-0.05, 0) is 43.4 Å². The van der Waals surface area contributed by atoms with Crippen molar-refractivity contribution in [1.82, 2.24) is 5.32 Å². The number of nitrogens with one attached hydrogen (secondary N) is 1. The first kappa shape index (κ1) is 17.7. The van der Waals surface area contributed by atoms with Crippen molar-refractivity contribution < 1.29 is 9.63 Å². The van der Waals surface area contributed by atoms with Crippen molar-refractivity contribution in [2.75, 3.05) is 14.2 Å². The van der Waals surface area contributed by atoms with Crippen LogP contribution < -0.4 is 5.32 Å². The molecule has 1 aliphatic rings. The zero-order valence-electron chi connectivity index (χ0n) is 14.7. The Labute approximate surface area is 143 Å². The SMILES string of the molecule is CNC(=O)/C(=N\OC)C1=C(/C=C\c2ccccc2)CC(C)=C(C)C1. The number of benzene rings is 1. The topological polar surface area (TPSA) is 50.7 Å². The Morgan fingerprint density at radius 2 is 1.79 bits per heavy atom. The van der Waals surface area contributed by atoms with Crippen LogP contribution in [0.5, 0.6) is 0 Å². The zero-order valence-corrected chi connectivity index (χ0v) is 14.7. The predicted molar refractivity (Wildman–Crippen MR) is 98.6 cm³/mol. The molecule has 0 radical (unpaired) electrons. The molecular formula is C20H24N2O2. The van der Waals surface area contributed by atoms with Gasteiger partial charge < -0.3 is 10.2 Å². The van der Waals surface area contributed by atoms with E-state index in [0.29, 0.717) is 12.1 Å². The highest BCUT2D eigenvalue weighted by atomic mass is 16.6. The van der Waals surface area contributed by atoms with E-state index in [4.69, 9.17) is 4.84 Å². The monoisotopic (exact) mass is 324 g/mol. The van der Waals surface area contributed by atoms with Crippen molar-refractivity contribution in [1.29, 1.82) is 0 Å². The Balaban J connectivity index is 2.44. The van der Waals surface area contributed by atoms with Crippen molar-refractivity contribution in [2.45, 2.75) is 26.7 Å². The van der Waals surface area contributed by atoms with Gasteiger partial charge in [0.25, 0.3) is 5.91 Å². The Morgan fingerprint density at radius 3 is 2.42 bits per heavy atom. The molecule has 1 aromatic rings. The van der Waals surface area contributed by atoms with Gasteiger partial charge in [0, 0.05) is 7.05 Å². The summed E-state index contributed by atoms with van der Waals surface area (Å²) in [5, 5.41) is 6.62. The third-order valence-electron chi connectivity index (χ3n) is 4.20. The first-order valence-electron chi connectivity index (χ1n) is 8.00. The van der Waals surface area contributed by atoms with Crippen molar-refractivity contribution >= 4 is 17.7 Å². The molecule has 0 saturated carbocycles. The lowest BCUT2D eigenvalue weighted by atomic mass is 9.84. The fourth-order valence-corrected chi connectivity index (χ4v) is 2.67. The standard InChI is InChI=1S/C20H24N2O2/c1-14-12-17(11-10-16-8-6-5-7-9-16)18(13-15(14)2)19(22-24-4)20(23)21-3/h5-11H,12-13H2,1-4H3,(H,21,23)/b11-10-,22-19-. The van der Waals surface area contributed by atoms with Gasteiger partial charge in [0.2, 0.25) is 0 Å². The van der Waals surface area contributed by atoms with Crippen LogP contribution in [0.1, 0.15) is 32.3 Å². The smallest absolute Gasteiger partial charge is 0.273 e. The van der Waals surface area contributed by atoms with Gasteiger partial charge in [0.1, 0.15) is 7.11 Å². The molecule has 1 aliphatic carbocycles. The van der Waals surface area contributed by atoms with E-state index in [-0.39, 0.29) is 5.91 Å². The molecule has 0 spiro atoms. The normalized spacial score (nSPS) is 15.9. The summed E-state index contributed by atoms with van der Waals surface area (Å²) < 4.78 is 0. The molecule has 0 unspecified atom stereocenters. The Bertz CT molecular complexity index is 725. The van der Waals surface area contributed by atoms with Crippen LogP contribution in [0.3, 0.4) is 0 Å². The van der Waals surface area contributed by atoms with E-state index in [1.807, 2.05) is 18.2 Å². The lowest BCUT2D eigenvalue weighted by Gasteiger charge is -2.21. The van der Waals surface area contributed by atoms with E-state index < -0.39 is 0 Å². The van der Waals surface area contributed by atoms with Gasteiger partial charge in [-0.15, -0.1) is 0 Å². The highest BCUT2D eigenvalue weighted by Crippen LogP contribution is 2.31. The number of allylic oxidation sites excluding steroid dienone is 4. The van der Waals surface area contributed by atoms with Crippen LogP contribution in [0.15, 0.2) is 63.9 Å². The highest BCUT2D eigenvalue weighted by molar-refractivity contribution is 6.45. The van der Waals surface area contributed by atoms with E-state index in [1.165, 1.54) is 18.3 Å². The van der Waals surface area contributed by atoms with Crippen LogP contribution in [0.4, 0.5) is 0 Å². The molecule has 24 heavy (non-hydrogen) atoms. The number of amides is 1. The number of hydrogen-bond acceptors (Lipinski definition) is 3. The second kappa shape index (κ2) is 8.29. The van der Waals surface area contributed by atoms with Gasteiger partial charge in [-0.1, -0.05) is 58.8 Å². The summed E-state index contributed by atoms with van der Waals surface area (Å²) in [6.07, 6.45) is 5.66. The number of rotatable bonds is 5. The van der Waals surface area contributed by atoms with Crippen LogP contribution in [0.2, 0.25) is 0 Å². The Hall–Kier alpha value is -2.62. The molecule has 1 aromatic carbocycles. The molecule has 126 valence electrons. The molecule has 0 aromatic heterocycles. The molecular weight excluding hydrogens is 300 g/mol. The molecule has 0 heterocycles. The summed E-state index contributed by atoms with van der Waals surface area (Å²) >= 11 is 0. The van der Waals surface area contributed by atoms with Gasteiger partial charge in [-0.2, -0.15) is 0 Å². The third kappa shape index (κ3) is 4.22. The summed E-state index contributed by atoms with van der Waals surface area (Å²) in [4.78, 5) is 17.1. The van der Waals surface area contributed by atoms with Crippen molar-refractivity contribution in [3.05, 3.63) is 64.3 Å². The second-order valence-corrected chi connectivity index (χ2v) is 5.86. The largest absolute Gasteiger partial charge is 0.398 e. The second-order valence-electron chi connectivity index (χ2n) is 5.86. The Morgan fingerprint density at radius 1 is 1.12 bits per heavy atom. The molecule has 0 saturated heterocycles. The molecule has 0 atom stereocenters. The number of carbonyl (C=O) groups is 1. The zero-order chi connectivity index (χ0) is 17.5.